The molecule has 0 aliphatic carbocycles. The number of amides is 2. The van der Waals surface area contributed by atoms with Crippen LogP contribution in [0, 0.1) is 0 Å². The minimum atomic E-state index is -0.211. The first-order chi connectivity index (χ1) is 10.1. The second-order valence-electron chi connectivity index (χ2n) is 4.84. The molecule has 6 nitrogen and oxygen atoms in total. The molecule has 0 saturated heterocycles. The van der Waals surface area contributed by atoms with Crippen LogP contribution in [0.5, 0.6) is 5.75 Å². The van der Waals surface area contributed by atoms with Crippen molar-refractivity contribution in [3.63, 3.8) is 0 Å². The molecule has 114 valence electrons. The van der Waals surface area contributed by atoms with Crippen molar-refractivity contribution in [1.29, 1.82) is 0 Å². The first kappa shape index (κ1) is 15.3. The molecule has 6 heteroatoms. The van der Waals surface area contributed by atoms with E-state index in [2.05, 4.69) is 0 Å². The Bertz CT molecular complexity index is 541. The number of hydrogen-bond donors (Lipinski definition) is 1. The van der Waals surface area contributed by atoms with Crippen LogP contribution in [0.3, 0.4) is 0 Å². The summed E-state index contributed by atoms with van der Waals surface area (Å²) < 4.78 is 5.40. The molecule has 0 fully saturated rings. The van der Waals surface area contributed by atoms with Gasteiger partial charge >= 0.3 is 0 Å². The van der Waals surface area contributed by atoms with Crippen molar-refractivity contribution in [2.75, 3.05) is 31.1 Å². The molecule has 21 heavy (non-hydrogen) atoms. The lowest BCUT2D eigenvalue weighted by Crippen LogP contribution is -2.46. The molecule has 0 bridgehead atoms. The fraction of sp³-hybridized carbons (Fsp3) is 0.467. The highest BCUT2D eigenvalue weighted by Crippen LogP contribution is 2.32. The van der Waals surface area contributed by atoms with Gasteiger partial charge < -0.3 is 15.4 Å². The maximum atomic E-state index is 12.2. The third-order valence-electron chi connectivity index (χ3n) is 3.61. The molecule has 0 saturated carbocycles. The Kier molecular flexibility index (Phi) is 4.80. The van der Waals surface area contributed by atoms with Gasteiger partial charge in [0, 0.05) is 19.6 Å². The van der Waals surface area contributed by atoms with Crippen LogP contribution in [0.4, 0.5) is 5.69 Å². The maximum absolute atomic E-state index is 12.2. The average Bonchev–Trinajstić information content (AvgIpc) is 2.51. The van der Waals surface area contributed by atoms with Gasteiger partial charge in [-0.1, -0.05) is 6.07 Å². The standard InChI is InChI=1S/C15H21N3O3/c1-3-17(4-2)14(19)9-18-12-7-11(8-16)5-6-13(12)21-10-15(18)20/h5-7H,3-4,8-10,16H2,1-2H3. The molecule has 1 aliphatic rings. The van der Waals surface area contributed by atoms with E-state index >= 15 is 0 Å². The topological polar surface area (TPSA) is 75.9 Å². The number of hydrogen-bond acceptors (Lipinski definition) is 4. The minimum Gasteiger partial charge on any atom is -0.482 e. The highest BCUT2D eigenvalue weighted by molar-refractivity contribution is 6.02. The van der Waals surface area contributed by atoms with Gasteiger partial charge in [-0.25, -0.2) is 0 Å². The monoisotopic (exact) mass is 291 g/mol. The van der Waals surface area contributed by atoms with E-state index in [-0.39, 0.29) is 25.0 Å². The van der Waals surface area contributed by atoms with Gasteiger partial charge in [0.2, 0.25) is 5.91 Å². The molecule has 2 amide bonds. The zero-order valence-corrected chi connectivity index (χ0v) is 12.5. The van der Waals surface area contributed by atoms with Crippen LogP contribution in [0.15, 0.2) is 18.2 Å². The van der Waals surface area contributed by atoms with E-state index in [1.165, 1.54) is 4.90 Å². The van der Waals surface area contributed by atoms with E-state index in [9.17, 15) is 9.59 Å². The molecular formula is C15H21N3O3. The number of benzene rings is 1. The van der Waals surface area contributed by atoms with Crippen LogP contribution in [-0.4, -0.2) is 43.0 Å². The van der Waals surface area contributed by atoms with Crippen molar-refractivity contribution < 1.29 is 14.3 Å². The van der Waals surface area contributed by atoms with E-state index in [4.69, 9.17) is 10.5 Å². The van der Waals surface area contributed by atoms with Crippen molar-refractivity contribution in [3.05, 3.63) is 23.8 Å². The number of carbonyl (C=O) groups is 2. The summed E-state index contributed by atoms with van der Waals surface area (Å²) >= 11 is 0. The van der Waals surface area contributed by atoms with Crippen LogP contribution in [0.1, 0.15) is 19.4 Å². The molecule has 0 atom stereocenters. The average molecular weight is 291 g/mol. The summed E-state index contributed by atoms with van der Waals surface area (Å²) in [4.78, 5) is 27.5. The predicted molar refractivity (Wildman–Crippen MR) is 80.1 cm³/mol. The lowest BCUT2D eigenvalue weighted by molar-refractivity contribution is -0.131. The van der Waals surface area contributed by atoms with Gasteiger partial charge in [-0.05, 0) is 31.5 Å². The SMILES string of the molecule is CCN(CC)C(=O)CN1C(=O)COc2ccc(CN)cc21. The van der Waals surface area contributed by atoms with E-state index in [0.29, 0.717) is 31.1 Å². The van der Waals surface area contributed by atoms with Crippen molar-refractivity contribution >= 4 is 17.5 Å². The molecule has 0 spiro atoms. The molecule has 0 unspecified atom stereocenters. The molecule has 1 aromatic carbocycles. The lowest BCUT2D eigenvalue weighted by atomic mass is 10.1. The van der Waals surface area contributed by atoms with Crippen LogP contribution in [0.25, 0.3) is 0 Å². The Balaban J connectivity index is 2.27. The van der Waals surface area contributed by atoms with E-state index in [1.807, 2.05) is 26.0 Å². The van der Waals surface area contributed by atoms with E-state index in [1.54, 1.807) is 11.0 Å². The summed E-state index contributed by atoms with van der Waals surface area (Å²) in [6, 6.07) is 5.46. The lowest BCUT2D eigenvalue weighted by Gasteiger charge is -2.31. The van der Waals surface area contributed by atoms with Crippen LogP contribution < -0.4 is 15.4 Å². The zero-order valence-electron chi connectivity index (χ0n) is 12.5. The summed E-state index contributed by atoms with van der Waals surface area (Å²) in [6.45, 7) is 5.46. The van der Waals surface area contributed by atoms with Gasteiger partial charge in [-0.2, -0.15) is 0 Å². The fourth-order valence-electron chi connectivity index (χ4n) is 2.36. The summed E-state index contributed by atoms with van der Waals surface area (Å²) in [5.41, 5.74) is 7.15. The van der Waals surface area contributed by atoms with Crippen LogP contribution in [0.2, 0.25) is 0 Å². The van der Waals surface area contributed by atoms with Crippen molar-refractivity contribution in [2.45, 2.75) is 20.4 Å². The molecule has 1 aliphatic heterocycles. The van der Waals surface area contributed by atoms with Crippen molar-refractivity contribution in [1.82, 2.24) is 4.90 Å². The Morgan fingerprint density at radius 3 is 2.71 bits per heavy atom. The normalized spacial score (nSPS) is 13.7. The summed E-state index contributed by atoms with van der Waals surface area (Å²) in [5.74, 6) is 0.329. The number of anilines is 1. The molecule has 0 aromatic heterocycles. The first-order valence-corrected chi connectivity index (χ1v) is 7.14. The third-order valence-corrected chi connectivity index (χ3v) is 3.61. The summed E-state index contributed by atoms with van der Waals surface area (Å²) in [5, 5.41) is 0. The first-order valence-electron chi connectivity index (χ1n) is 7.14. The number of nitrogens with zero attached hydrogens (tertiary/aromatic N) is 2. The van der Waals surface area contributed by atoms with Gasteiger partial charge in [0.1, 0.15) is 12.3 Å². The smallest absolute Gasteiger partial charge is 0.265 e. The van der Waals surface area contributed by atoms with Gasteiger partial charge in [-0.3, -0.25) is 14.5 Å². The Labute approximate surface area is 124 Å². The fourth-order valence-corrected chi connectivity index (χ4v) is 2.36. The van der Waals surface area contributed by atoms with Crippen molar-refractivity contribution in [3.8, 4) is 5.75 Å². The number of ether oxygens (including phenoxy) is 1. The number of rotatable bonds is 5. The molecule has 2 N–H and O–H groups in total. The van der Waals surface area contributed by atoms with Crippen LogP contribution >= 0.6 is 0 Å². The number of likely N-dealkylation sites (N-methyl/N-ethyl adjacent to an activating group) is 1. The Hall–Kier alpha value is -2.08. The Morgan fingerprint density at radius 2 is 2.10 bits per heavy atom. The van der Waals surface area contributed by atoms with Gasteiger partial charge in [0.15, 0.2) is 6.61 Å². The maximum Gasteiger partial charge on any atom is 0.265 e. The number of nitrogens with two attached hydrogens (primary N) is 1. The van der Waals surface area contributed by atoms with E-state index < -0.39 is 0 Å². The minimum absolute atomic E-state index is 0.0326. The summed E-state index contributed by atoms with van der Waals surface area (Å²) in [7, 11) is 0. The largest absolute Gasteiger partial charge is 0.482 e. The zero-order chi connectivity index (χ0) is 15.4. The van der Waals surface area contributed by atoms with Gasteiger partial charge in [-0.15, -0.1) is 0 Å². The Morgan fingerprint density at radius 1 is 1.38 bits per heavy atom. The van der Waals surface area contributed by atoms with Crippen molar-refractivity contribution in [2.24, 2.45) is 5.73 Å². The number of fused-ring (bicyclic) bond motifs is 1. The predicted octanol–water partition coefficient (Wildman–Crippen LogP) is 0.739. The van der Waals surface area contributed by atoms with E-state index in [0.717, 1.165) is 5.56 Å². The second kappa shape index (κ2) is 6.58. The molecule has 2 rings (SSSR count). The van der Waals surface area contributed by atoms with Crippen LogP contribution in [-0.2, 0) is 16.1 Å². The van der Waals surface area contributed by atoms with Gasteiger partial charge in [0.25, 0.3) is 5.91 Å². The molecule has 1 aromatic rings. The quantitative estimate of drug-likeness (QED) is 0.868. The molecule has 1 heterocycles. The highest BCUT2D eigenvalue weighted by atomic mass is 16.5. The third kappa shape index (κ3) is 3.16. The molecular weight excluding hydrogens is 270 g/mol. The summed E-state index contributed by atoms with van der Waals surface area (Å²) in [6.07, 6.45) is 0. The second-order valence-corrected chi connectivity index (χ2v) is 4.84. The van der Waals surface area contributed by atoms with Gasteiger partial charge in [0.05, 0.1) is 5.69 Å². The number of carbonyl (C=O) groups excluding carboxylic acids is 2. The highest BCUT2D eigenvalue weighted by Gasteiger charge is 2.28. The molecule has 0 radical (unpaired) electrons.